The molecule has 0 unspecified atom stereocenters. The molecule has 1 aliphatic rings. The first-order chi connectivity index (χ1) is 17.2. The number of furan rings is 1. The first kappa shape index (κ1) is 22.5. The molecular weight excluding hydrogens is 444 g/mol. The Bertz CT molecular complexity index is 1290. The van der Waals surface area contributed by atoms with E-state index in [4.69, 9.17) is 13.9 Å². The number of carbonyl (C=O) groups is 2. The standard InChI is InChI=1S/C28H26N2O5/c31-26(30-17-15-29(16-18-30)21-9-3-1-4-10-21)20-34-28(32)27-24(19-33-22-11-5-2-6-12-22)23-13-7-8-14-25(23)35-27/h1-14H,15-20H2. The van der Waals surface area contributed by atoms with Crippen LogP contribution >= 0.6 is 0 Å². The quantitative estimate of drug-likeness (QED) is 0.370. The number of fused-ring (bicyclic) bond motifs is 1. The van der Waals surface area contributed by atoms with Gasteiger partial charge in [-0.1, -0.05) is 54.6 Å². The highest BCUT2D eigenvalue weighted by molar-refractivity contribution is 5.97. The lowest BCUT2D eigenvalue weighted by atomic mass is 10.1. The summed E-state index contributed by atoms with van der Waals surface area (Å²) in [7, 11) is 0. The maximum Gasteiger partial charge on any atom is 0.375 e. The molecule has 1 aromatic heterocycles. The van der Waals surface area contributed by atoms with Crippen molar-refractivity contribution in [3.05, 3.63) is 96.3 Å². The van der Waals surface area contributed by atoms with Gasteiger partial charge < -0.3 is 23.7 Å². The highest BCUT2D eigenvalue weighted by atomic mass is 16.5. The van der Waals surface area contributed by atoms with Crippen molar-refractivity contribution in [3.8, 4) is 5.75 Å². The van der Waals surface area contributed by atoms with Gasteiger partial charge in [-0.3, -0.25) is 4.79 Å². The van der Waals surface area contributed by atoms with Gasteiger partial charge in [-0.15, -0.1) is 0 Å². The molecule has 5 rings (SSSR count). The maximum atomic E-state index is 12.9. The Kier molecular flexibility index (Phi) is 6.66. The molecule has 178 valence electrons. The van der Waals surface area contributed by atoms with Gasteiger partial charge in [0.05, 0.1) is 5.56 Å². The largest absolute Gasteiger partial charge is 0.489 e. The van der Waals surface area contributed by atoms with Crippen LogP contribution in [0.25, 0.3) is 11.0 Å². The summed E-state index contributed by atoms with van der Waals surface area (Å²) >= 11 is 0. The van der Waals surface area contributed by atoms with Gasteiger partial charge in [-0.2, -0.15) is 0 Å². The number of esters is 1. The highest BCUT2D eigenvalue weighted by Gasteiger charge is 2.26. The van der Waals surface area contributed by atoms with Gasteiger partial charge in [0.25, 0.3) is 5.91 Å². The van der Waals surface area contributed by atoms with Crippen LogP contribution in [0.5, 0.6) is 5.75 Å². The van der Waals surface area contributed by atoms with Gasteiger partial charge in [0.15, 0.2) is 6.61 Å². The zero-order chi connectivity index (χ0) is 24.0. The summed E-state index contributed by atoms with van der Waals surface area (Å²) in [4.78, 5) is 29.6. The van der Waals surface area contributed by atoms with Crippen LogP contribution in [0.2, 0.25) is 0 Å². The second kappa shape index (κ2) is 10.3. The zero-order valence-electron chi connectivity index (χ0n) is 19.3. The van der Waals surface area contributed by atoms with Crippen LogP contribution in [0, 0.1) is 0 Å². The van der Waals surface area contributed by atoms with E-state index in [0.29, 0.717) is 30.0 Å². The predicted molar refractivity (Wildman–Crippen MR) is 133 cm³/mol. The lowest BCUT2D eigenvalue weighted by Gasteiger charge is -2.36. The van der Waals surface area contributed by atoms with Crippen molar-refractivity contribution in [2.75, 3.05) is 37.7 Å². The fourth-order valence-corrected chi connectivity index (χ4v) is 4.22. The molecule has 0 radical (unpaired) electrons. The Morgan fingerprint density at radius 2 is 1.46 bits per heavy atom. The smallest absolute Gasteiger partial charge is 0.375 e. The molecule has 3 aromatic carbocycles. The van der Waals surface area contributed by atoms with Crippen molar-refractivity contribution < 1.29 is 23.5 Å². The van der Waals surface area contributed by atoms with E-state index in [9.17, 15) is 9.59 Å². The molecule has 35 heavy (non-hydrogen) atoms. The van der Waals surface area contributed by atoms with E-state index >= 15 is 0 Å². The van der Waals surface area contributed by atoms with E-state index in [0.717, 1.165) is 24.2 Å². The predicted octanol–water partition coefficient (Wildman–Crippen LogP) is 4.52. The molecule has 2 heterocycles. The molecule has 1 saturated heterocycles. The Morgan fingerprint density at radius 1 is 0.800 bits per heavy atom. The molecule has 4 aromatic rings. The van der Waals surface area contributed by atoms with Crippen molar-refractivity contribution in [1.29, 1.82) is 0 Å². The molecule has 1 aliphatic heterocycles. The van der Waals surface area contributed by atoms with Crippen molar-refractivity contribution >= 4 is 28.5 Å². The summed E-state index contributed by atoms with van der Waals surface area (Å²) in [6.07, 6.45) is 0. The first-order valence-corrected chi connectivity index (χ1v) is 11.6. The Labute approximate surface area is 203 Å². The summed E-state index contributed by atoms with van der Waals surface area (Å²) < 4.78 is 17.1. The molecule has 0 spiro atoms. The number of carbonyl (C=O) groups excluding carboxylic acids is 2. The molecule has 1 fully saturated rings. The number of nitrogens with zero attached hydrogens (tertiary/aromatic N) is 2. The van der Waals surface area contributed by atoms with Crippen LogP contribution in [0.4, 0.5) is 5.69 Å². The van der Waals surface area contributed by atoms with Gasteiger partial charge in [0, 0.05) is 37.3 Å². The minimum atomic E-state index is -0.677. The summed E-state index contributed by atoms with van der Waals surface area (Å²) in [5.41, 5.74) is 2.30. The Balaban J connectivity index is 1.21. The van der Waals surface area contributed by atoms with Crippen LogP contribution in [0.15, 0.2) is 89.3 Å². The zero-order valence-corrected chi connectivity index (χ0v) is 19.3. The van der Waals surface area contributed by atoms with Crippen LogP contribution < -0.4 is 9.64 Å². The van der Waals surface area contributed by atoms with E-state index < -0.39 is 5.97 Å². The topological polar surface area (TPSA) is 72.2 Å². The first-order valence-electron chi connectivity index (χ1n) is 11.6. The number of hydrogen-bond donors (Lipinski definition) is 0. The maximum absolute atomic E-state index is 12.9. The molecule has 0 N–H and O–H groups in total. The fourth-order valence-electron chi connectivity index (χ4n) is 4.22. The molecule has 0 aliphatic carbocycles. The molecule has 0 atom stereocenters. The highest BCUT2D eigenvalue weighted by Crippen LogP contribution is 2.28. The number of ether oxygens (including phenoxy) is 2. The lowest BCUT2D eigenvalue weighted by molar-refractivity contribution is -0.134. The van der Waals surface area contributed by atoms with Gasteiger partial charge in [-0.05, 0) is 30.3 Å². The number of hydrogen-bond acceptors (Lipinski definition) is 6. The third kappa shape index (κ3) is 5.14. The molecular formula is C28H26N2O5. The van der Waals surface area contributed by atoms with Gasteiger partial charge in [0.1, 0.15) is 17.9 Å². The van der Waals surface area contributed by atoms with E-state index in [2.05, 4.69) is 17.0 Å². The van der Waals surface area contributed by atoms with Crippen LogP contribution in [-0.4, -0.2) is 49.6 Å². The van der Waals surface area contributed by atoms with Gasteiger partial charge in [-0.25, -0.2) is 4.79 Å². The summed E-state index contributed by atoms with van der Waals surface area (Å²) in [6, 6.07) is 26.8. The third-order valence-electron chi connectivity index (χ3n) is 6.09. The normalized spacial score (nSPS) is 13.6. The average Bonchev–Trinajstić information content (AvgIpc) is 3.30. The number of para-hydroxylation sites is 3. The van der Waals surface area contributed by atoms with E-state index in [1.807, 2.05) is 66.7 Å². The number of piperazine rings is 1. The second-order valence-corrected chi connectivity index (χ2v) is 8.29. The van der Waals surface area contributed by atoms with E-state index in [-0.39, 0.29) is 24.9 Å². The minimum absolute atomic E-state index is 0.0591. The van der Waals surface area contributed by atoms with Crippen molar-refractivity contribution in [2.45, 2.75) is 6.61 Å². The molecule has 7 nitrogen and oxygen atoms in total. The van der Waals surface area contributed by atoms with Crippen LogP contribution in [-0.2, 0) is 16.1 Å². The third-order valence-corrected chi connectivity index (χ3v) is 6.09. The van der Waals surface area contributed by atoms with Crippen LogP contribution in [0.3, 0.4) is 0 Å². The number of anilines is 1. The van der Waals surface area contributed by atoms with Crippen LogP contribution in [0.1, 0.15) is 16.1 Å². The number of benzene rings is 3. The molecule has 7 heteroatoms. The van der Waals surface area contributed by atoms with Gasteiger partial charge in [0.2, 0.25) is 5.76 Å². The fraction of sp³-hybridized carbons (Fsp3) is 0.214. The van der Waals surface area contributed by atoms with Crippen molar-refractivity contribution in [1.82, 2.24) is 4.90 Å². The average molecular weight is 471 g/mol. The van der Waals surface area contributed by atoms with Gasteiger partial charge >= 0.3 is 5.97 Å². The van der Waals surface area contributed by atoms with E-state index in [1.165, 1.54) is 0 Å². The van der Waals surface area contributed by atoms with E-state index in [1.54, 1.807) is 11.0 Å². The Hall–Kier alpha value is -4.26. The summed E-state index contributed by atoms with van der Waals surface area (Å²) in [6.45, 7) is 2.42. The monoisotopic (exact) mass is 470 g/mol. The molecule has 0 bridgehead atoms. The summed E-state index contributed by atoms with van der Waals surface area (Å²) in [5, 5.41) is 0.777. The van der Waals surface area contributed by atoms with Crippen molar-refractivity contribution in [2.24, 2.45) is 0 Å². The number of rotatable bonds is 7. The Morgan fingerprint density at radius 3 is 2.20 bits per heavy atom. The number of amides is 1. The van der Waals surface area contributed by atoms with Crippen molar-refractivity contribution in [3.63, 3.8) is 0 Å². The lowest BCUT2D eigenvalue weighted by Crippen LogP contribution is -2.49. The molecule has 1 amide bonds. The summed E-state index contributed by atoms with van der Waals surface area (Å²) in [5.74, 6) is -0.154. The SMILES string of the molecule is O=C(OCC(=O)N1CCN(c2ccccc2)CC1)c1oc2ccccc2c1COc1ccccc1. The minimum Gasteiger partial charge on any atom is -0.489 e. The molecule has 0 saturated carbocycles. The second-order valence-electron chi connectivity index (χ2n) is 8.29.